The third kappa shape index (κ3) is 4.82. The maximum Gasteiger partial charge on any atom is 0.0370 e. The summed E-state index contributed by atoms with van der Waals surface area (Å²) in [5.74, 6) is 0.981. The van der Waals surface area contributed by atoms with Gasteiger partial charge in [-0.15, -0.1) is 0 Å². The first-order chi connectivity index (χ1) is 9.79. The first-order valence-electron chi connectivity index (χ1n) is 8.31. The van der Waals surface area contributed by atoms with Crippen LogP contribution in [-0.2, 0) is 0 Å². The van der Waals surface area contributed by atoms with Crippen LogP contribution >= 0.6 is 0 Å². The van der Waals surface area contributed by atoms with Gasteiger partial charge in [-0.1, -0.05) is 38.0 Å². The van der Waals surface area contributed by atoms with Crippen LogP contribution in [0, 0.1) is 12.8 Å². The Morgan fingerprint density at radius 2 is 2.05 bits per heavy atom. The van der Waals surface area contributed by atoms with Gasteiger partial charge in [0.05, 0.1) is 0 Å². The Balaban J connectivity index is 1.70. The van der Waals surface area contributed by atoms with Gasteiger partial charge >= 0.3 is 0 Å². The standard InChI is InChI=1S/C18H30N2/c1-3-7-17-9-6-13-20(14-11-17)15-12-19-18-10-5-4-8-16(18)2/h4-5,8,10,17,19H,3,6-7,9,11-15H2,1-2H3. The van der Waals surface area contributed by atoms with Crippen LogP contribution in [0.25, 0.3) is 0 Å². The van der Waals surface area contributed by atoms with Gasteiger partial charge in [-0.2, -0.15) is 0 Å². The van der Waals surface area contributed by atoms with E-state index in [1.54, 1.807) is 0 Å². The molecule has 1 aromatic carbocycles. The van der Waals surface area contributed by atoms with Gasteiger partial charge in [0.15, 0.2) is 0 Å². The van der Waals surface area contributed by atoms with Crippen LogP contribution < -0.4 is 5.32 Å². The summed E-state index contributed by atoms with van der Waals surface area (Å²) in [4.78, 5) is 2.64. The molecule has 1 aliphatic rings. The molecule has 1 fully saturated rings. The number of aryl methyl sites for hydroxylation is 1. The van der Waals surface area contributed by atoms with Gasteiger partial charge in [0, 0.05) is 18.8 Å². The molecule has 0 aromatic heterocycles. The fraction of sp³-hybridized carbons (Fsp3) is 0.667. The van der Waals surface area contributed by atoms with E-state index in [2.05, 4.69) is 48.3 Å². The highest BCUT2D eigenvalue weighted by Crippen LogP contribution is 2.21. The molecule has 1 N–H and O–H groups in total. The van der Waals surface area contributed by atoms with Crippen LogP contribution in [0.5, 0.6) is 0 Å². The van der Waals surface area contributed by atoms with E-state index in [1.807, 2.05) is 0 Å². The van der Waals surface area contributed by atoms with Crippen molar-refractivity contribution < 1.29 is 0 Å². The third-order valence-electron chi connectivity index (χ3n) is 4.53. The number of hydrogen-bond donors (Lipinski definition) is 1. The zero-order chi connectivity index (χ0) is 14.2. The van der Waals surface area contributed by atoms with E-state index in [1.165, 1.54) is 63.0 Å². The largest absolute Gasteiger partial charge is 0.384 e. The highest BCUT2D eigenvalue weighted by Gasteiger charge is 2.15. The first-order valence-corrected chi connectivity index (χ1v) is 8.31. The topological polar surface area (TPSA) is 15.3 Å². The second-order valence-electron chi connectivity index (χ2n) is 6.17. The number of nitrogens with zero attached hydrogens (tertiary/aromatic N) is 1. The lowest BCUT2D eigenvalue weighted by Gasteiger charge is -2.21. The minimum Gasteiger partial charge on any atom is -0.384 e. The number of likely N-dealkylation sites (tertiary alicyclic amines) is 1. The average Bonchev–Trinajstić information content (AvgIpc) is 2.67. The van der Waals surface area contributed by atoms with Crippen molar-refractivity contribution in [1.29, 1.82) is 0 Å². The molecule has 2 nitrogen and oxygen atoms in total. The van der Waals surface area contributed by atoms with Crippen LogP contribution in [0.3, 0.4) is 0 Å². The normalized spacial score (nSPS) is 20.6. The summed E-state index contributed by atoms with van der Waals surface area (Å²) >= 11 is 0. The van der Waals surface area contributed by atoms with Crippen LogP contribution in [0.2, 0.25) is 0 Å². The van der Waals surface area contributed by atoms with Gasteiger partial charge in [-0.3, -0.25) is 0 Å². The fourth-order valence-electron chi connectivity index (χ4n) is 3.27. The molecule has 0 aliphatic carbocycles. The van der Waals surface area contributed by atoms with E-state index in [4.69, 9.17) is 0 Å². The summed E-state index contributed by atoms with van der Waals surface area (Å²) in [5, 5.41) is 3.58. The Morgan fingerprint density at radius 1 is 1.20 bits per heavy atom. The summed E-state index contributed by atoms with van der Waals surface area (Å²) in [7, 11) is 0. The molecule has 1 heterocycles. The Labute approximate surface area is 124 Å². The number of benzene rings is 1. The molecule has 0 saturated carbocycles. The van der Waals surface area contributed by atoms with Gasteiger partial charge in [0.2, 0.25) is 0 Å². The van der Waals surface area contributed by atoms with Crippen LogP contribution in [-0.4, -0.2) is 31.1 Å². The second-order valence-corrected chi connectivity index (χ2v) is 6.17. The van der Waals surface area contributed by atoms with Crippen molar-refractivity contribution in [3.8, 4) is 0 Å². The molecule has 0 amide bonds. The number of para-hydroxylation sites is 1. The number of anilines is 1. The molecule has 1 aromatic rings. The predicted molar refractivity (Wildman–Crippen MR) is 88.4 cm³/mol. The molecule has 112 valence electrons. The van der Waals surface area contributed by atoms with Crippen molar-refractivity contribution in [2.75, 3.05) is 31.5 Å². The summed E-state index contributed by atoms with van der Waals surface area (Å²) in [6.07, 6.45) is 7.00. The highest BCUT2D eigenvalue weighted by molar-refractivity contribution is 5.50. The van der Waals surface area contributed by atoms with E-state index >= 15 is 0 Å². The first kappa shape index (κ1) is 15.4. The van der Waals surface area contributed by atoms with Crippen LogP contribution in [0.4, 0.5) is 5.69 Å². The lowest BCUT2D eigenvalue weighted by molar-refractivity contribution is 0.289. The van der Waals surface area contributed by atoms with E-state index in [0.717, 1.165) is 12.5 Å². The molecule has 1 unspecified atom stereocenters. The maximum absolute atomic E-state index is 3.58. The number of hydrogen-bond acceptors (Lipinski definition) is 2. The zero-order valence-corrected chi connectivity index (χ0v) is 13.2. The zero-order valence-electron chi connectivity index (χ0n) is 13.2. The Morgan fingerprint density at radius 3 is 2.85 bits per heavy atom. The Hall–Kier alpha value is -1.02. The van der Waals surface area contributed by atoms with Crippen molar-refractivity contribution in [3.05, 3.63) is 29.8 Å². The lowest BCUT2D eigenvalue weighted by atomic mass is 9.96. The molecule has 2 rings (SSSR count). The molecule has 0 radical (unpaired) electrons. The minimum atomic E-state index is 0.981. The lowest BCUT2D eigenvalue weighted by Crippen LogP contribution is -2.30. The average molecular weight is 274 g/mol. The van der Waals surface area contributed by atoms with E-state index in [0.29, 0.717) is 0 Å². The quantitative estimate of drug-likeness (QED) is 0.831. The van der Waals surface area contributed by atoms with Crippen LogP contribution in [0.1, 0.15) is 44.6 Å². The van der Waals surface area contributed by atoms with Gasteiger partial charge in [0.1, 0.15) is 0 Å². The summed E-state index contributed by atoms with van der Waals surface area (Å²) in [6.45, 7) is 9.30. The Bertz CT molecular complexity index is 389. The maximum atomic E-state index is 3.58. The number of rotatable bonds is 6. The SMILES string of the molecule is CCCC1CCCN(CCNc2ccccc2C)CC1. The van der Waals surface area contributed by atoms with Crippen LogP contribution in [0.15, 0.2) is 24.3 Å². The molecule has 0 spiro atoms. The fourth-order valence-corrected chi connectivity index (χ4v) is 3.27. The van der Waals surface area contributed by atoms with Gasteiger partial charge in [-0.25, -0.2) is 0 Å². The second kappa shape index (κ2) is 8.31. The molecular formula is C18H30N2. The molecule has 20 heavy (non-hydrogen) atoms. The molecule has 1 atom stereocenters. The number of nitrogens with one attached hydrogen (secondary N) is 1. The minimum absolute atomic E-state index is 0.981. The molecule has 0 bridgehead atoms. The molecule has 1 saturated heterocycles. The summed E-state index contributed by atoms with van der Waals surface area (Å²) < 4.78 is 0. The molecular weight excluding hydrogens is 244 g/mol. The monoisotopic (exact) mass is 274 g/mol. The van der Waals surface area contributed by atoms with Crippen molar-refractivity contribution in [2.45, 2.75) is 46.0 Å². The van der Waals surface area contributed by atoms with Crippen molar-refractivity contribution in [3.63, 3.8) is 0 Å². The van der Waals surface area contributed by atoms with Gasteiger partial charge in [-0.05, 0) is 56.8 Å². The third-order valence-corrected chi connectivity index (χ3v) is 4.53. The summed E-state index contributed by atoms with van der Waals surface area (Å²) in [5.41, 5.74) is 2.62. The molecule has 2 heteroatoms. The smallest absolute Gasteiger partial charge is 0.0370 e. The Kier molecular flexibility index (Phi) is 6.38. The van der Waals surface area contributed by atoms with E-state index in [9.17, 15) is 0 Å². The van der Waals surface area contributed by atoms with Gasteiger partial charge in [0.25, 0.3) is 0 Å². The van der Waals surface area contributed by atoms with E-state index < -0.39 is 0 Å². The van der Waals surface area contributed by atoms with Crippen molar-refractivity contribution >= 4 is 5.69 Å². The highest BCUT2D eigenvalue weighted by atomic mass is 15.1. The van der Waals surface area contributed by atoms with Crippen molar-refractivity contribution in [1.82, 2.24) is 4.90 Å². The van der Waals surface area contributed by atoms with E-state index in [-0.39, 0.29) is 0 Å². The predicted octanol–water partition coefficient (Wildman–Crippen LogP) is 4.31. The van der Waals surface area contributed by atoms with Crippen molar-refractivity contribution in [2.24, 2.45) is 5.92 Å². The summed E-state index contributed by atoms with van der Waals surface area (Å²) in [6, 6.07) is 8.55. The molecule has 1 aliphatic heterocycles. The van der Waals surface area contributed by atoms with Gasteiger partial charge < -0.3 is 10.2 Å².